The van der Waals surface area contributed by atoms with E-state index in [9.17, 15) is 18.0 Å². The fraction of sp³-hybridized carbons (Fsp3) is 0.300. The van der Waals surface area contributed by atoms with Gasteiger partial charge in [-0.3, -0.25) is 9.59 Å². The van der Waals surface area contributed by atoms with Gasteiger partial charge in [0.15, 0.2) is 5.78 Å². The van der Waals surface area contributed by atoms with Gasteiger partial charge in [-0.1, -0.05) is 12.1 Å². The average molecular weight is 385 g/mol. The first kappa shape index (κ1) is 17.9. The Morgan fingerprint density at radius 2 is 1.89 bits per heavy atom. The Labute approximate surface area is 157 Å². The molecule has 4 rings (SSSR count). The number of hydrogen-bond donors (Lipinski definition) is 1. The van der Waals surface area contributed by atoms with Gasteiger partial charge in [-0.25, -0.2) is 8.42 Å². The van der Waals surface area contributed by atoms with E-state index in [4.69, 9.17) is 4.74 Å². The molecule has 1 amide bonds. The molecule has 27 heavy (non-hydrogen) atoms. The summed E-state index contributed by atoms with van der Waals surface area (Å²) in [6.45, 7) is 2.55. The van der Waals surface area contributed by atoms with E-state index in [1.54, 1.807) is 12.1 Å². The summed E-state index contributed by atoms with van der Waals surface area (Å²) in [5.41, 5.74) is 0.459. The van der Waals surface area contributed by atoms with Crippen molar-refractivity contribution in [1.29, 1.82) is 0 Å². The van der Waals surface area contributed by atoms with Crippen molar-refractivity contribution in [1.82, 2.24) is 5.32 Å². The summed E-state index contributed by atoms with van der Waals surface area (Å²) in [6, 6.07) is 10.1. The van der Waals surface area contributed by atoms with Crippen LogP contribution in [0.2, 0.25) is 0 Å². The highest BCUT2D eigenvalue weighted by Crippen LogP contribution is 2.34. The van der Waals surface area contributed by atoms with Crippen LogP contribution in [0.15, 0.2) is 52.3 Å². The van der Waals surface area contributed by atoms with Crippen LogP contribution in [-0.4, -0.2) is 38.9 Å². The number of sulfone groups is 1. The SMILES string of the molecule is C[C@@H](NC(=O)c1ccc2c(c1)S(=O)(=O)c1ccccc1C2=O)[C@@H]1CCCO1. The number of fused-ring (bicyclic) bond motifs is 2. The van der Waals surface area contributed by atoms with Gasteiger partial charge in [-0.2, -0.15) is 0 Å². The molecule has 0 radical (unpaired) electrons. The van der Waals surface area contributed by atoms with Crippen LogP contribution in [0.5, 0.6) is 0 Å². The molecule has 7 heteroatoms. The predicted molar refractivity (Wildman–Crippen MR) is 97.7 cm³/mol. The van der Waals surface area contributed by atoms with E-state index < -0.39 is 9.84 Å². The summed E-state index contributed by atoms with van der Waals surface area (Å²) in [4.78, 5) is 25.1. The maximum atomic E-state index is 12.9. The highest BCUT2D eigenvalue weighted by atomic mass is 32.2. The average Bonchev–Trinajstić information content (AvgIpc) is 3.21. The van der Waals surface area contributed by atoms with Gasteiger partial charge >= 0.3 is 0 Å². The lowest BCUT2D eigenvalue weighted by molar-refractivity contribution is 0.0712. The second-order valence-electron chi connectivity index (χ2n) is 6.85. The Kier molecular flexibility index (Phi) is 4.36. The van der Waals surface area contributed by atoms with Crippen LogP contribution in [0.25, 0.3) is 0 Å². The van der Waals surface area contributed by atoms with Crippen molar-refractivity contribution < 1.29 is 22.7 Å². The molecule has 0 unspecified atom stereocenters. The fourth-order valence-corrected chi connectivity index (χ4v) is 5.28. The largest absolute Gasteiger partial charge is 0.376 e. The van der Waals surface area contributed by atoms with Crippen LogP contribution < -0.4 is 5.32 Å². The molecule has 0 aromatic heterocycles. The summed E-state index contributed by atoms with van der Waals surface area (Å²) >= 11 is 0. The van der Waals surface area contributed by atoms with Gasteiger partial charge in [-0.15, -0.1) is 0 Å². The maximum absolute atomic E-state index is 12.9. The molecule has 2 aromatic carbocycles. The summed E-state index contributed by atoms with van der Waals surface area (Å²) in [5.74, 6) is -0.739. The summed E-state index contributed by atoms with van der Waals surface area (Å²) in [5, 5.41) is 2.86. The second kappa shape index (κ2) is 6.58. The third-order valence-corrected chi connectivity index (χ3v) is 6.93. The standard InChI is InChI=1S/C20H19NO5S/c1-12(16-6-4-10-26-16)21-20(23)13-8-9-15-18(11-13)27(24,25)17-7-3-2-5-14(17)19(15)22/h2-3,5,7-9,11-12,16H,4,6,10H2,1H3,(H,21,23)/t12-,16+/m1/s1. The first-order valence-corrected chi connectivity index (χ1v) is 10.3. The summed E-state index contributed by atoms with van der Waals surface area (Å²) < 4.78 is 31.5. The van der Waals surface area contributed by atoms with E-state index in [0.29, 0.717) is 6.61 Å². The van der Waals surface area contributed by atoms with Crippen LogP contribution in [-0.2, 0) is 14.6 Å². The Morgan fingerprint density at radius 3 is 2.63 bits per heavy atom. The number of carbonyl (C=O) groups is 2. The molecule has 2 aromatic rings. The van der Waals surface area contributed by atoms with Gasteiger partial charge in [0.1, 0.15) is 0 Å². The van der Waals surface area contributed by atoms with E-state index in [0.717, 1.165) is 12.8 Å². The maximum Gasteiger partial charge on any atom is 0.251 e. The minimum atomic E-state index is -3.86. The first-order chi connectivity index (χ1) is 12.9. The molecule has 0 aliphatic carbocycles. The van der Waals surface area contributed by atoms with Crippen LogP contribution in [0.3, 0.4) is 0 Å². The number of rotatable bonds is 3. The number of nitrogens with one attached hydrogen (secondary N) is 1. The van der Waals surface area contributed by atoms with E-state index in [1.165, 1.54) is 30.3 Å². The van der Waals surface area contributed by atoms with Crippen LogP contribution in [0.1, 0.15) is 46.0 Å². The van der Waals surface area contributed by atoms with Crippen molar-refractivity contribution in [2.24, 2.45) is 0 Å². The van der Waals surface area contributed by atoms with E-state index in [2.05, 4.69) is 5.32 Å². The van der Waals surface area contributed by atoms with Crippen LogP contribution >= 0.6 is 0 Å². The van der Waals surface area contributed by atoms with Gasteiger partial charge in [0.2, 0.25) is 9.84 Å². The lowest BCUT2D eigenvalue weighted by Gasteiger charge is -2.21. The molecule has 2 aliphatic heterocycles. The third kappa shape index (κ3) is 2.96. The molecular weight excluding hydrogens is 366 g/mol. The van der Waals surface area contributed by atoms with Crippen molar-refractivity contribution in [3.8, 4) is 0 Å². The minimum absolute atomic E-state index is 0.0206. The fourth-order valence-electron chi connectivity index (χ4n) is 3.61. The molecule has 1 saturated heterocycles. The number of hydrogen-bond acceptors (Lipinski definition) is 5. The summed E-state index contributed by atoms with van der Waals surface area (Å²) in [7, 11) is -3.86. The first-order valence-electron chi connectivity index (χ1n) is 8.85. The van der Waals surface area contributed by atoms with Crippen molar-refractivity contribution in [3.63, 3.8) is 0 Å². The molecule has 6 nitrogen and oxygen atoms in total. The van der Waals surface area contributed by atoms with Gasteiger partial charge < -0.3 is 10.1 Å². The van der Waals surface area contributed by atoms with Gasteiger partial charge in [0.25, 0.3) is 5.91 Å². The van der Waals surface area contributed by atoms with Crippen LogP contribution in [0, 0.1) is 0 Å². The van der Waals surface area contributed by atoms with Crippen molar-refractivity contribution >= 4 is 21.5 Å². The zero-order valence-electron chi connectivity index (χ0n) is 14.8. The third-order valence-electron chi connectivity index (χ3n) is 5.08. The molecule has 2 atom stereocenters. The highest BCUT2D eigenvalue weighted by Gasteiger charge is 2.35. The molecule has 0 spiro atoms. The van der Waals surface area contributed by atoms with Crippen molar-refractivity contribution in [3.05, 3.63) is 59.2 Å². The Morgan fingerprint density at radius 1 is 1.15 bits per heavy atom. The normalized spacial score (nSPS) is 21.2. The number of ether oxygens (including phenoxy) is 1. The Bertz CT molecular complexity index is 1040. The molecular formula is C20H19NO5S. The smallest absolute Gasteiger partial charge is 0.251 e. The molecule has 140 valence electrons. The molecule has 0 bridgehead atoms. The quantitative estimate of drug-likeness (QED) is 0.748. The van der Waals surface area contributed by atoms with E-state index in [1.807, 2.05) is 6.92 Å². The van der Waals surface area contributed by atoms with Gasteiger partial charge in [0, 0.05) is 23.3 Å². The number of carbonyl (C=O) groups excluding carboxylic acids is 2. The van der Waals surface area contributed by atoms with Crippen LogP contribution in [0.4, 0.5) is 0 Å². The molecule has 1 fully saturated rings. The number of ketones is 1. The Balaban J connectivity index is 1.68. The zero-order chi connectivity index (χ0) is 19.2. The van der Waals surface area contributed by atoms with Crippen molar-refractivity contribution in [2.45, 2.75) is 41.7 Å². The number of amides is 1. The monoisotopic (exact) mass is 385 g/mol. The van der Waals surface area contributed by atoms with E-state index in [-0.39, 0.29) is 50.3 Å². The Hall–Kier alpha value is -2.51. The lowest BCUT2D eigenvalue weighted by Crippen LogP contribution is -2.40. The van der Waals surface area contributed by atoms with E-state index >= 15 is 0 Å². The molecule has 0 saturated carbocycles. The molecule has 2 heterocycles. The zero-order valence-corrected chi connectivity index (χ0v) is 15.6. The topological polar surface area (TPSA) is 89.5 Å². The molecule has 1 N–H and O–H groups in total. The van der Waals surface area contributed by atoms with Gasteiger partial charge in [0.05, 0.1) is 21.9 Å². The molecule has 2 aliphatic rings. The predicted octanol–water partition coefficient (Wildman–Crippen LogP) is 2.36. The second-order valence-corrected chi connectivity index (χ2v) is 8.74. The van der Waals surface area contributed by atoms with Crippen molar-refractivity contribution in [2.75, 3.05) is 6.61 Å². The summed E-state index contributed by atoms with van der Waals surface area (Å²) in [6.07, 6.45) is 1.80. The highest BCUT2D eigenvalue weighted by molar-refractivity contribution is 7.91. The lowest BCUT2D eigenvalue weighted by atomic mass is 10.0. The number of benzene rings is 2. The van der Waals surface area contributed by atoms with Gasteiger partial charge in [-0.05, 0) is 50.1 Å². The minimum Gasteiger partial charge on any atom is -0.376 e.